The first-order valence-electron chi connectivity index (χ1n) is 8.00. The minimum atomic E-state index is -0.503. The second-order valence-electron chi connectivity index (χ2n) is 6.21. The van der Waals surface area contributed by atoms with Crippen molar-refractivity contribution in [2.45, 2.75) is 26.9 Å². The molecule has 0 bridgehead atoms. The van der Waals surface area contributed by atoms with E-state index in [9.17, 15) is 5.11 Å². The molecule has 116 valence electrons. The van der Waals surface area contributed by atoms with Gasteiger partial charge in [-0.3, -0.25) is 0 Å². The van der Waals surface area contributed by atoms with Crippen molar-refractivity contribution in [1.82, 2.24) is 0 Å². The first kappa shape index (κ1) is 15.5. The molecule has 0 aromatic heterocycles. The number of aryl methyl sites for hydroxylation is 2. The second kappa shape index (κ2) is 6.39. The summed E-state index contributed by atoms with van der Waals surface area (Å²) in [5.41, 5.74) is 8.00. The summed E-state index contributed by atoms with van der Waals surface area (Å²) >= 11 is 0. The van der Waals surface area contributed by atoms with Gasteiger partial charge in [0.2, 0.25) is 0 Å². The maximum absolute atomic E-state index is 10.2. The molecule has 1 heteroatoms. The van der Waals surface area contributed by atoms with Gasteiger partial charge in [-0.2, -0.15) is 0 Å². The van der Waals surface area contributed by atoms with Gasteiger partial charge in [-0.15, -0.1) is 0 Å². The van der Waals surface area contributed by atoms with Gasteiger partial charge in [0.05, 0.1) is 6.10 Å². The van der Waals surface area contributed by atoms with Crippen LogP contribution in [0.2, 0.25) is 0 Å². The third kappa shape index (κ3) is 3.35. The van der Waals surface area contributed by atoms with Crippen LogP contribution in [0.1, 0.15) is 29.7 Å². The molecule has 0 unspecified atom stereocenters. The summed E-state index contributed by atoms with van der Waals surface area (Å²) in [5, 5.41) is 10.2. The van der Waals surface area contributed by atoms with Gasteiger partial charge in [0.1, 0.15) is 0 Å². The van der Waals surface area contributed by atoms with Gasteiger partial charge in [-0.1, -0.05) is 71.8 Å². The SMILES string of the molecule is Cc1ccc(-c2ccc(-c3ccc(C)cc3)c([C@H](C)O)c2)cc1. The number of rotatable bonds is 3. The Hall–Kier alpha value is -2.38. The number of aliphatic hydroxyl groups is 1. The molecule has 3 rings (SSSR count). The van der Waals surface area contributed by atoms with E-state index in [1.807, 2.05) is 6.92 Å². The molecular weight excluding hydrogens is 280 g/mol. The van der Waals surface area contributed by atoms with Gasteiger partial charge in [-0.25, -0.2) is 0 Å². The Morgan fingerprint density at radius 2 is 1.13 bits per heavy atom. The monoisotopic (exact) mass is 302 g/mol. The van der Waals surface area contributed by atoms with E-state index in [1.54, 1.807) is 0 Å². The van der Waals surface area contributed by atoms with Crippen LogP contribution < -0.4 is 0 Å². The standard InChI is InChI=1S/C22H22O/c1-15-4-8-18(9-5-15)20-12-13-21(22(14-20)17(3)23)19-10-6-16(2)7-11-19/h4-14,17,23H,1-3H3/t17-/m0/s1. The van der Waals surface area contributed by atoms with E-state index in [0.29, 0.717) is 0 Å². The summed E-state index contributed by atoms with van der Waals surface area (Å²) in [5.74, 6) is 0. The normalized spacial score (nSPS) is 12.2. The summed E-state index contributed by atoms with van der Waals surface area (Å²) in [7, 11) is 0. The molecule has 23 heavy (non-hydrogen) atoms. The number of benzene rings is 3. The predicted octanol–water partition coefficient (Wildman–Crippen LogP) is 5.69. The molecule has 0 amide bonds. The molecule has 0 spiro atoms. The Labute approximate surface area is 138 Å². The summed E-state index contributed by atoms with van der Waals surface area (Å²) in [6.45, 7) is 6.00. The Morgan fingerprint density at radius 3 is 1.65 bits per heavy atom. The lowest BCUT2D eigenvalue weighted by molar-refractivity contribution is 0.200. The highest BCUT2D eigenvalue weighted by molar-refractivity contribution is 5.74. The molecule has 1 nitrogen and oxygen atoms in total. The lowest BCUT2D eigenvalue weighted by Crippen LogP contribution is -1.96. The molecule has 0 saturated heterocycles. The molecule has 1 atom stereocenters. The highest BCUT2D eigenvalue weighted by Gasteiger charge is 2.11. The highest BCUT2D eigenvalue weighted by atomic mass is 16.3. The van der Waals surface area contributed by atoms with E-state index >= 15 is 0 Å². The van der Waals surface area contributed by atoms with Gasteiger partial charge in [0, 0.05) is 0 Å². The largest absolute Gasteiger partial charge is 0.389 e. The van der Waals surface area contributed by atoms with E-state index < -0.39 is 6.10 Å². The quantitative estimate of drug-likeness (QED) is 0.659. The maximum atomic E-state index is 10.2. The zero-order valence-corrected chi connectivity index (χ0v) is 13.9. The van der Waals surface area contributed by atoms with E-state index in [1.165, 1.54) is 16.7 Å². The molecule has 3 aromatic carbocycles. The van der Waals surface area contributed by atoms with Crippen LogP contribution >= 0.6 is 0 Å². The van der Waals surface area contributed by atoms with Crippen molar-refractivity contribution in [3.05, 3.63) is 83.4 Å². The first-order chi connectivity index (χ1) is 11.0. The Kier molecular flexibility index (Phi) is 4.31. The Balaban J connectivity index is 2.08. The van der Waals surface area contributed by atoms with Crippen molar-refractivity contribution < 1.29 is 5.11 Å². The van der Waals surface area contributed by atoms with Crippen LogP contribution in [-0.2, 0) is 0 Å². The maximum Gasteiger partial charge on any atom is 0.0768 e. The third-order valence-electron chi connectivity index (χ3n) is 4.25. The van der Waals surface area contributed by atoms with Crippen molar-refractivity contribution in [3.63, 3.8) is 0 Å². The second-order valence-corrected chi connectivity index (χ2v) is 6.21. The van der Waals surface area contributed by atoms with Crippen LogP contribution in [0.15, 0.2) is 66.7 Å². The summed E-state index contributed by atoms with van der Waals surface area (Å²) in [6, 6.07) is 23.3. The average molecular weight is 302 g/mol. The molecule has 1 N–H and O–H groups in total. The van der Waals surface area contributed by atoms with Gasteiger partial charge in [0.15, 0.2) is 0 Å². The molecule has 0 heterocycles. The summed E-state index contributed by atoms with van der Waals surface area (Å²) in [4.78, 5) is 0. The average Bonchev–Trinajstić information content (AvgIpc) is 2.56. The zero-order chi connectivity index (χ0) is 16.4. The fraction of sp³-hybridized carbons (Fsp3) is 0.182. The Bertz CT molecular complexity index is 796. The number of aliphatic hydroxyl groups excluding tert-OH is 1. The highest BCUT2D eigenvalue weighted by Crippen LogP contribution is 2.32. The van der Waals surface area contributed by atoms with Crippen molar-refractivity contribution in [2.75, 3.05) is 0 Å². The number of hydrogen-bond acceptors (Lipinski definition) is 1. The van der Waals surface area contributed by atoms with Gasteiger partial charge in [0.25, 0.3) is 0 Å². The Morgan fingerprint density at radius 1 is 0.652 bits per heavy atom. The van der Waals surface area contributed by atoms with Crippen LogP contribution in [0.5, 0.6) is 0 Å². The van der Waals surface area contributed by atoms with Crippen LogP contribution in [0.3, 0.4) is 0 Å². The third-order valence-corrected chi connectivity index (χ3v) is 4.25. The fourth-order valence-corrected chi connectivity index (χ4v) is 2.83. The van der Waals surface area contributed by atoms with E-state index in [4.69, 9.17) is 0 Å². The van der Waals surface area contributed by atoms with Crippen LogP contribution in [0, 0.1) is 13.8 Å². The van der Waals surface area contributed by atoms with E-state index in [0.717, 1.165) is 22.3 Å². The van der Waals surface area contributed by atoms with Gasteiger partial charge >= 0.3 is 0 Å². The zero-order valence-electron chi connectivity index (χ0n) is 13.9. The summed E-state index contributed by atoms with van der Waals surface area (Å²) < 4.78 is 0. The molecule has 0 fully saturated rings. The molecule has 0 saturated carbocycles. The minimum Gasteiger partial charge on any atom is -0.389 e. The molecule has 3 aromatic rings. The molecule has 0 aliphatic carbocycles. The van der Waals surface area contributed by atoms with Crippen molar-refractivity contribution in [3.8, 4) is 22.3 Å². The fourth-order valence-electron chi connectivity index (χ4n) is 2.83. The molecule has 0 aliphatic rings. The molecular formula is C22H22O. The van der Waals surface area contributed by atoms with E-state index in [2.05, 4.69) is 80.6 Å². The molecule has 0 radical (unpaired) electrons. The first-order valence-corrected chi connectivity index (χ1v) is 8.00. The van der Waals surface area contributed by atoms with Crippen LogP contribution in [0.25, 0.3) is 22.3 Å². The van der Waals surface area contributed by atoms with Crippen LogP contribution in [-0.4, -0.2) is 5.11 Å². The lowest BCUT2D eigenvalue weighted by atomic mass is 9.92. The lowest BCUT2D eigenvalue weighted by Gasteiger charge is -2.15. The smallest absolute Gasteiger partial charge is 0.0768 e. The topological polar surface area (TPSA) is 20.2 Å². The van der Waals surface area contributed by atoms with Crippen molar-refractivity contribution in [2.24, 2.45) is 0 Å². The van der Waals surface area contributed by atoms with Gasteiger partial charge < -0.3 is 5.11 Å². The summed E-state index contributed by atoms with van der Waals surface area (Å²) in [6.07, 6.45) is -0.503. The van der Waals surface area contributed by atoms with Gasteiger partial charge in [-0.05, 0) is 54.7 Å². The molecule has 0 aliphatic heterocycles. The van der Waals surface area contributed by atoms with Crippen LogP contribution in [0.4, 0.5) is 0 Å². The number of hydrogen-bond donors (Lipinski definition) is 1. The van der Waals surface area contributed by atoms with E-state index in [-0.39, 0.29) is 0 Å². The van der Waals surface area contributed by atoms with Crippen molar-refractivity contribution >= 4 is 0 Å². The van der Waals surface area contributed by atoms with Crippen molar-refractivity contribution in [1.29, 1.82) is 0 Å². The minimum absolute atomic E-state index is 0.503. The predicted molar refractivity (Wildman–Crippen MR) is 97.4 cm³/mol.